The zero-order valence-electron chi connectivity index (χ0n) is 49.8. The largest absolute Gasteiger partial charge is 0.454 e. The van der Waals surface area contributed by atoms with Crippen molar-refractivity contribution in [3.8, 4) is 0 Å². The highest BCUT2D eigenvalue weighted by molar-refractivity contribution is 5.80. The van der Waals surface area contributed by atoms with Crippen LogP contribution in [-0.4, -0.2) is 99.6 Å². The fourth-order valence-corrected chi connectivity index (χ4v) is 9.57. The van der Waals surface area contributed by atoms with Crippen LogP contribution in [0.3, 0.4) is 0 Å². The summed E-state index contributed by atoms with van der Waals surface area (Å²) in [5, 5.41) is 57.0. The summed E-state index contributed by atoms with van der Waals surface area (Å²) in [6.07, 6.45) is 60.6. The standard InChI is InChI=1S/C67H117NO10/c1-4-7-10-13-16-19-22-25-26-27-28-29-30-31-32-33-34-35-37-39-42-45-48-51-54-60(71)66(75)68-58(59(70)53-50-47-44-41-38-24-21-18-15-12-9-6-3)57-76-67-65(64(74)63(73)61(56-69)77-67)78-62(72)55-52-49-46-43-40-36-23-20-17-14-11-8-5-2/h8,11,14,16-17,19-20,23,25-26,36,40,50,53,58-61,63-65,67,69-71,73-74H,4-7,9-10,12-13,15,18,21-22,24,27-35,37-39,41-49,51-52,54-57H2,1-3H3,(H,68,75)/b11-8+,17-14+,19-16-,23-20-,26-25-,40-36-,53-50+. The number of carbonyl (C=O) groups is 2. The number of amides is 1. The van der Waals surface area contributed by atoms with Crippen LogP contribution in [0.1, 0.15) is 265 Å². The number of allylic oxidation sites excluding steroid dienone is 13. The topological polar surface area (TPSA) is 175 Å². The van der Waals surface area contributed by atoms with E-state index in [2.05, 4.69) is 62.5 Å². The molecule has 1 amide bonds. The molecule has 8 unspecified atom stereocenters. The molecule has 11 nitrogen and oxygen atoms in total. The number of hydrogen-bond donors (Lipinski definition) is 6. The molecule has 0 saturated carbocycles. The molecule has 1 aliphatic rings. The fraction of sp³-hybridized carbons (Fsp3) is 0.761. The van der Waals surface area contributed by atoms with Gasteiger partial charge in [-0.15, -0.1) is 0 Å². The van der Waals surface area contributed by atoms with Crippen LogP contribution < -0.4 is 5.32 Å². The van der Waals surface area contributed by atoms with Crippen LogP contribution in [0.4, 0.5) is 0 Å². The molecular weight excluding hydrogens is 979 g/mol. The van der Waals surface area contributed by atoms with Crippen molar-refractivity contribution in [3.05, 3.63) is 85.1 Å². The summed E-state index contributed by atoms with van der Waals surface area (Å²) in [6, 6.07) is -1.04. The summed E-state index contributed by atoms with van der Waals surface area (Å²) >= 11 is 0. The minimum absolute atomic E-state index is 0.0751. The number of esters is 1. The van der Waals surface area contributed by atoms with Gasteiger partial charge in [0.15, 0.2) is 12.4 Å². The molecule has 0 spiro atoms. The van der Waals surface area contributed by atoms with E-state index in [0.29, 0.717) is 12.8 Å². The molecule has 6 N–H and O–H groups in total. The molecule has 0 aliphatic carbocycles. The van der Waals surface area contributed by atoms with Gasteiger partial charge in [-0.2, -0.15) is 0 Å². The number of hydrogen-bond acceptors (Lipinski definition) is 10. The van der Waals surface area contributed by atoms with Crippen molar-refractivity contribution in [2.45, 2.75) is 314 Å². The Hall–Kier alpha value is -3.16. The normalized spacial score (nSPS) is 19.5. The molecule has 0 aromatic carbocycles. The zero-order valence-corrected chi connectivity index (χ0v) is 49.8. The summed E-state index contributed by atoms with van der Waals surface area (Å²) in [7, 11) is 0. The van der Waals surface area contributed by atoms with Crippen molar-refractivity contribution in [2.75, 3.05) is 13.2 Å². The highest BCUT2D eigenvalue weighted by Crippen LogP contribution is 2.26. The van der Waals surface area contributed by atoms with Crippen molar-refractivity contribution in [1.29, 1.82) is 0 Å². The van der Waals surface area contributed by atoms with E-state index in [1.54, 1.807) is 6.08 Å². The van der Waals surface area contributed by atoms with Gasteiger partial charge >= 0.3 is 5.97 Å². The first kappa shape index (κ1) is 72.9. The Kier molecular flexibility index (Phi) is 50.8. The second-order valence-corrected chi connectivity index (χ2v) is 21.8. The number of nitrogens with one attached hydrogen (secondary N) is 1. The van der Waals surface area contributed by atoms with Crippen molar-refractivity contribution in [2.24, 2.45) is 0 Å². The van der Waals surface area contributed by atoms with Gasteiger partial charge in [-0.25, -0.2) is 0 Å². The summed E-state index contributed by atoms with van der Waals surface area (Å²) in [4.78, 5) is 26.5. The molecule has 1 rings (SSSR count). The van der Waals surface area contributed by atoms with Gasteiger partial charge in [0.1, 0.15) is 24.4 Å². The Morgan fingerprint density at radius 1 is 0.526 bits per heavy atom. The number of aliphatic hydroxyl groups is 5. The fourth-order valence-electron chi connectivity index (χ4n) is 9.57. The molecule has 1 aliphatic heterocycles. The molecular formula is C67H117NO10. The van der Waals surface area contributed by atoms with Crippen molar-refractivity contribution in [3.63, 3.8) is 0 Å². The van der Waals surface area contributed by atoms with Crippen molar-refractivity contribution < 1.29 is 49.3 Å². The van der Waals surface area contributed by atoms with E-state index in [1.165, 1.54) is 148 Å². The van der Waals surface area contributed by atoms with Crippen LogP contribution in [0.25, 0.3) is 0 Å². The zero-order chi connectivity index (χ0) is 56.8. The Morgan fingerprint density at radius 3 is 1.51 bits per heavy atom. The molecule has 0 radical (unpaired) electrons. The number of rotatable bonds is 53. The van der Waals surface area contributed by atoms with Gasteiger partial charge in [0.05, 0.1) is 25.4 Å². The number of carbonyl (C=O) groups excluding carboxylic acids is 2. The summed E-state index contributed by atoms with van der Waals surface area (Å²) < 4.78 is 17.6. The lowest BCUT2D eigenvalue weighted by atomic mass is 9.99. The third kappa shape index (κ3) is 41.8. The quantitative estimate of drug-likeness (QED) is 0.0149. The number of aliphatic hydroxyl groups excluding tert-OH is 5. The van der Waals surface area contributed by atoms with Crippen LogP contribution in [0.2, 0.25) is 0 Å². The van der Waals surface area contributed by atoms with Gasteiger partial charge in [0.2, 0.25) is 5.91 Å². The van der Waals surface area contributed by atoms with Gasteiger partial charge in [0.25, 0.3) is 0 Å². The molecule has 78 heavy (non-hydrogen) atoms. The first-order chi connectivity index (χ1) is 38.2. The molecule has 450 valence electrons. The molecule has 0 aromatic heterocycles. The van der Waals surface area contributed by atoms with Gasteiger partial charge in [-0.05, 0) is 77.0 Å². The first-order valence-electron chi connectivity index (χ1n) is 31.9. The monoisotopic (exact) mass is 1100 g/mol. The average molecular weight is 1100 g/mol. The lowest BCUT2D eigenvalue weighted by Crippen LogP contribution is -2.61. The second kappa shape index (κ2) is 54.4. The third-order valence-electron chi connectivity index (χ3n) is 14.6. The smallest absolute Gasteiger partial charge is 0.306 e. The van der Waals surface area contributed by atoms with Gasteiger partial charge in [-0.3, -0.25) is 9.59 Å². The van der Waals surface area contributed by atoms with Crippen LogP contribution in [0.5, 0.6) is 0 Å². The van der Waals surface area contributed by atoms with Crippen LogP contribution in [0.15, 0.2) is 85.1 Å². The van der Waals surface area contributed by atoms with Crippen LogP contribution in [0, 0.1) is 0 Å². The molecule has 1 fully saturated rings. The molecule has 0 bridgehead atoms. The maximum absolute atomic E-state index is 13.4. The van der Waals surface area contributed by atoms with E-state index in [-0.39, 0.29) is 19.4 Å². The number of unbranched alkanes of at least 4 members (excludes halogenated alkanes) is 30. The minimum atomic E-state index is -1.63. The molecule has 0 aromatic rings. The van der Waals surface area contributed by atoms with E-state index >= 15 is 0 Å². The maximum atomic E-state index is 13.4. The van der Waals surface area contributed by atoms with Crippen molar-refractivity contribution in [1.82, 2.24) is 5.32 Å². The van der Waals surface area contributed by atoms with Gasteiger partial charge in [0, 0.05) is 6.42 Å². The highest BCUT2D eigenvalue weighted by atomic mass is 16.7. The van der Waals surface area contributed by atoms with Gasteiger partial charge < -0.3 is 45.1 Å². The Labute approximate surface area is 476 Å². The predicted octanol–water partition coefficient (Wildman–Crippen LogP) is 15.3. The lowest BCUT2D eigenvalue weighted by molar-refractivity contribution is -0.305. The summed E-state index contributed by atoms with van der Waals surface area (Å²) in [5.41, 5.74) is 0. The van der Waals surface area contributed by atoms with E-state index < -0.39 is 67.4 Å². The predicted molar refractivity (Wildman–Crippen MR) is 324 cm³/mol. The Morgan fingerprint density at radius 2 is 0.974 bits per heavy atom. The van der Waals surface area contributed by atoms with Crippen LogP contribution >= 0.6 is 0 Å². The maximum Gasteiger partial charge on any atom is 0.306 e. The number of ether oxygens (including phenoxy) is 3. The molecule has 1 saturated heterocycles. The van der Waals surface area contributed by atoms with Gasteiger partial charge in [-0.1, -0.05) is 266 Å². The molecule has 8 atom stereocenters. The molecule has 11 heteroatoms. The average Bonchev–Trinajstić information content (AvgIpc) is 3.44. The SMILES string of the molecule is CC/C=C/C=C/C=C\C=C/CCCCCC(=O)OC1C(OCC(NC(=O)C(O)CCCCCCCCCCCCCCCC/C=C\C/C=C\CCCCC)C(O)/C=C/CCCCCCCCCCCC)OC(CO)C(O)C1O. The van der Waals surface area contributed by atoms with Crippen LogP contribution in [-0.2, 0) is 23.8 Å². The summed E-state index contributed by atoms with van der Waals surface area (Å²) in [6.45, 7) is 5.60. The minimum Gasteiger partial charge on any atom is -0.454 e. The first-order valence-corrected chi connectivity index (χ1v) is 31.9. The van der Waals surface area contributed by atoms with E-state index in [1.807, 2.05) is 42.5 Å². The highest BCUT2D eigenvalue weighted by Gasteiger charge is 2.47. The Balaban J connectivity index is 2.62. The van der Waals surface area contributed by atoms with Crippen molar-refractivity contribution >= 4 is 11.9 Å². The van der Waals surface area contributed by atoms with E-state index in [4.69, 9.17) is 14.2 Å². The van der Waals surface area contributed by atoms with E-state index in [9.17, 15) is 35.1 Å². The lowest BCUT2D eigenvalue weighted by Gasteiger charge is -2.41. The van der Waals surface area contributed by atoms with E-state index in [0.717, 1.165) is 70.6 Å². The Bertz CT molecular complexity index is 1590. The second-order valence-electron chi connectivity index (χ2n) is 21.8. The summed E-state index contributed by atoms with van der Waals surface area (Å²) in [5.74, 6) is -1.24. The molecule has 1 heterocycles. The third-order valence-corrected chi connectivity index (χ3v) is 14.6.